The highest BCUT2D eigenvalue weighted by molar-refractivity contribution is 6.28. The van der Waals surface area contributed by atoms with Gasteiger partial charge in [-0.05, 0) is 49.7 Å². The zero-order valence-corrected chi connectivity index (χ0v) is 17.1. The van der Waals surface area contributed by atoms with E-state index in [9.17, 15) is 9.59 Å². The number of hydrogen-bond acceptors (Lipinski definition) is 7. The molecular formula is C22H28N2O6. The number of nitrogens with one attached hydrogen (secondary N) is 1. The maximum Gasteiger partial charge on any atom is 0.417 e. The zero-order valence-electron chi connectivity index (χ0n) is 17.1. The van der Waals surface area contributed by atoms with Crippen molar-refractivity contribution < 1.29 is 28.9 Å². The van der Waals surface area contributed by atoms with Crippen LogP contribution in [0.25, 0.3) is 0 Å². The smallest absolute Gasteiger partial charge is 0.417 e. The van der Waals surface area contributed by atoms with E-state index in [1.54, 1.807) is 12.3 Å². The third-order valence-electron chi connectivity index (χ3n) is 4.30. The van der Waals surface area contributed by atoms with Gasteiger partial charge in [-0.1, -0.05) is 18.2 Å². The van der Waals surface area contributed by atoms with Gasteiger partial charge >= 0.3 is 11.9 Å². The predicted octanol–water partition coefficient (Wildman–Crippen LogP) is 2.04. The quantitative estimate of drug-likeness (QED) is 0.290. The van der Waals surface area contributed by atoms with Gasteiger partial charge in [-0.15, -0.1) is 0 Å². The highest BCUT2D eigenvalue weighted by Gasteiger charge is 2.19. The van der Waals surface area contributed by atoms with Gasteiger partial charge in [-0.25, -0.2) is 9.59 Å². The highest BCUT2D eigenvalue weighted by atomic mass is 16.6. The number of pyridine rings is 1. The van der Waals surface area contributed by atoms with E-state index in [2.05, 4.69) is 10.3 Å². The van der Waals surface area contributed by atoms with Crippen LogP contribution in [0, 0.1) is 0 Å². The molecule has 1 heterocycles. The fourth-order valence-electron chi connectivity index (χ4n) is 2.73. The van der Waals surface area contributed by atoms with Crippen molar-refractivity contribution in [3.8, 4) is 5.75 Å². The first-order valence-electron chi connectivity index (χ1n) is 9.91. The van der Waals surface area contributed by atoms with Crippen LogP contribution >= 0.6 is 0 Å². The molecule has 8 heteroatoms. The lowest BCUT2D eigenvalue weighted by molar-refractivity contribution is -0.164. The van der Waals surface area contributed by atoms with Gasteiger partial charge in [0.1, 0.15) is 19.0 Å². The Labute approximate surface area is 176 Å². The number of carboxylic acid groups (broad SMARTS) is 1. The topological polar surface area (TPSA) is 107 Å². The Bertz CT molecular complexity index is 767. The molecule has 0 aliphatic heterocycles. The monoisotopic (exact) mass is 416 g/mol. The molecular weight excluding hydrogens is 388 g/mol. The molecule has 2 aromatic rings. The summed E-state index contributed by atoms with van der Waals surface area (Å²) in [6.07, 6.45) is 2.46. The maximum absolute atomic E-state index is 11.2. The molecule has 0 bridgehead atoms. The molecule has 0 radical (unpaired) electrons. The lowest BCUT2D eigenvalue weighted by atomic mass is 10.1. The number of nitrogens with zero attached hydrogens (tertiary/aromatic N) is 1. The number of ether oxygens (including phenoxy) is 3. The minimum atomic E-state index is -1.60. The molecule has 30 heavy (non-hydrogen) atoms. The summed E-state index contributed by atoms with van der Waals surface area (Å²) < 4.78 is 15.7. The molecule has 1 aromatic heterocycles. The van der Waals surface area contributed by atoms with Gasteiger partial charge in [0.15, 0.2) is 0 Å². The number of carbonyl (C=O) groups excluding carboxylic acids is 1. The molecule has 0 saturated carbocycles. The van der Waals surface area contributed by atoms with E-state index < -0.39 is 11.9 Å². The second-order valence-electron chi connectivity index (χ2n) is 6.50. The van der Waals surface area contributed by atoms with Crippen LogP contribution in [0.3, 0.4) is 0 Å². The van der Waals surface area contributed by atoms with Crippen molar-refractivity contribution in [2.45, 2.75) is 19.3 Å². The predicted molar refractivity (Wildman–Crippen MR) is 111 cm³/mol. The van der Waals surface area contributed by atoms with Crippen LogP contribution in [0.1, 0.15) is 24.1 Å². The Morgan fingerprint density at radius 1 is 1.13 bits per heavy atom. The normalized spacial score (nSPS) is 11.6. The number of aliphatic carboxylic acids is 1. The summed E-state index contributed by atoms with van der Waals surface area (Å²) in [6, 6.07) is 13.4. The Morgan fingerprint density at radius 3 is 2.60 bits per heavy atom. The summed E-state index contributed by atoms with van der Waals surface area (Å²) >= 11 is 0. The van der Waals surface area contributed by atoms with Crippen molar-refractivity contribution in [1.82, 2.24) is 10.3 Å². The number of carbonyl (C=O) groups is 2. The first-order chi connectivity index (χ1) is 14.6. The minimum absolute atomic E-state index is 0.0527. The lowest BCUT2D eigenvalue weighted by Gasteiger charge is -2.17. The summed E-state index contributed by atoms with van der Waals surface area (Å²) in [4.78, 5) is 26.2. The largest absolute Gasteiger partial charge is 0.491 e. The molecule has 8 nitrogen and oxygen atoms in total. The molecule has 1 aromatic carbocycles. The number of benzene rings is 1. The molecule has 1 unspecified atom stereocenters. The molecule has 2 rings (SSSR count). The van der Waals surface area contributed by atoms with Crippen molar-refractivity contribution in [2.75, 3.05) is 39.5 Å². The Kier molecular flexibility index (Phi) is 10.3. The molecule has 0 spiro atoms. The van der Waals surface area contributed by atoms with Crippen molar-refractivity contribution in [2.24, 2.45) is 0 Å². The molecule has 162 valence electrons. The van der Waals surface area contributed by atoms with E-state index >= 15 is 0 Å². The van der Waals surface area contributed by atoms with Gasteiger partial charge in [0.2, 0.25) is 0 Å². The van der Waals surface area contributed by atoms with Gasteiger partial charge < -0.3 is 24.6 Å². The standard InChI is InChI=1S/C22H28N2O6/c1-2-28-13-14-29-19-8-6-17(7-9-19)10-12-23-15-18(16-30-22(27)21(25)26)20-5-3-4-11-24-20/h3-9,11,18,23H,2,10,12-16H2,1H3,(H,25,26). The van der Waals surface area contributed by atoms with Crippen LogP contribution in [0.4, 0.5) is 0 Å². The Morgan fingerprint density at radius 2 is 1.93 bits per heavy atom. The van der Waals surface area contributed by atoms with Crippen LogP contribution in [-0.2, 0) is 25.5 Å². The van der Waals surface area contributed by atoms with Crippen LogP contribution in [0.2, 0.25) is 0 Å². The van der Waals surface area contributed by atoms with E-state index in [-0.39, 0.29) is 12.5 Å². The number of esters is 1. The molecule has 0 saturated heterocycles. The van der Waals surface area contributed by atoms with E-state index in [1.807, 2.05) is 43.3 Å². The SMILES string of the molecule is CCOCCOc1ccc(CCNCC(COC(=O)C(=O)O)c2ccccn2)cc1. The van der Waals surface area contributed by atoms with Gasteiger partial charge in [0.05, 0.1) is 6.61 Å². The number of carboxylic acids is 1. The van der Waals surface area contributed by atoms with Crippen molar-refractivity contribution in [1.29, 1.82) is 0 Å². The summed E-state index contributed by atoms with van der Waals surface area (Å²) in [6.45, 7) is 4.88. The maximum atomic E-state index is 11.2. The molecule has 0 aliphatic carbocycles. The summed E-state index contributed by atoms with van der Waals surface area (Å²) in [5.74, 6) is -2.30. The van der Waals surface area contributed by atoms with Crippen molar-refractivity contribution in [3.05, 3.63) is 59.9 Å². The Hall–Kier alpha value is -2.97. The van der Waals surface area contributed by atoms with E-state index in [0.29, 0.717) is 32.9 Å². The molecule has 2 N–H and O–H groups in total. The van der Waals surface area contributed by atoms with Crippen LogP contribution in [0.5, 0.6) is 5.75 Å². The van der Waals surface area contributed by atoms with Crippen molar-refractivity contribution >= 4 is 11.9 Å². The second-order valence-corrected chi connectivity index (χ2v) is 6.50. The first-order valence-corrected chi connectivity index (χ1v) is 9.91. The van der Waals surface area contributed by atoms with E-state index in [1.165, 1.54) is 0 Å². The first kappa shape index (κ1) is 23.3. The number of hydrogen-bond donors (Lipinski definition) is 2. The minimum Gasteiger partial charge on any atom is -0.491 e. The van der Waals surface area contributed by atoms with Gasteiger partial charge in [-0.3, -0.25) is 4.98 Å². The van der Waals surface area contributed by atoms with Crippen LogP contribution in [-0.4, -0.2) is 61.5 Å². The summed E-state index contributed by atoms with van der Waals surface area (Å²) in [5, 5.41) is 12.0. The second kappa shape index (κ2) is 13.3. The third-order valence-corrected chi connectivity index (χ3v) is 4.30. The van der Waals surface area contributed by atoms with Gasteiger partial charge in [-0.2, -0.15) is 0 Å². The molecule has 0 fully saturated rings. The summed E-state index contributed by atoms with van der Waals surface area (Å²) in [7, 11) is 0. The van der Waals surface area contributed by atoms with Crippen molar-refractivity contribution in [3.63, 3.8) is 0 Å². The van der Waals surface area contributed by atoms with Gasteiger partial charge in [0.25, 0.3) is 0 Å². The Balaban J connectivity index is 1.77. The average Bonchev–Trinajstić information content (AvgIpc) is 2.77. The number of rotatable bonds is 13. The van der Waals surface area contributed by atoms with E-state index in [0.717, 1.165) is 23.4 Å². The molecule has 1 atom stereocenters. The van der Waals surface area contributed by atoms with Crippen LogP contribution in [0.15, 0.2) is 48.7 Å². The molecule has 0 aliphatic rings. The average molecular weight is 416 g/mol. The third kappa shape index (κ3) is 8.59. The fraction of sp³-hybridized carbons (Fsp3) is 0.409. The number of aromatic nitrogens is 1. The highest BCUT2D eigenvalue weighted by Crippen LogP contribution is 2.14. The molecule has 0 amide bonds. The lowest BCUT2D eigenvalue weighted by Crippen LogP contribution is -2.29. The summed E-state index contributed by atoms with van der Waals surface area (Å²) in [5.41, 5.74) is 1.89. The van der Waals surface area contributed by atoms with Gasteiger partial charge in [0, 0.05) is 31.0 Å². The zero-order chi connectivity index (χ0) is 21.6. The fourth-order valence-corrected chi connectivity index (χ4v) is 2.73. The van der Waals surface area contributed by atoms with Crippen LogP contribution < -0.4 is 10.1 Å². The van der Waals surface area contributed by atoms with E-state index in [4.69, 9.17) is 19.3 Å².